The Hall–Kier alpha value is -1.29. The number of hydrogen-bond donors (Lipinski definition) is 2. The van der Waals surface area contributed by atoms with Gasteiger partial charge in [0, 0.05) is 29.7 Å². The average Bonchev–Trinajstić information content (AvgIpc) is 2.28. The maximum absolute atomic E-state index is 11.6. The number of carbonyl (C=O) groups is 1. The number of rotatable bonds is 5. The Labute approximate surface area is 99.0 Å². The van der Waals surface area contributed by atoms with E-state index in [1.165, 1.54) is 12.3 Å². The standard InChI is InChI=1S/C11H15ClN2O2/c1-2-9(12)4-6-14-11(16)8-3-5-13-10(15)7-8/h3,5,7,9H,2,4,6H2,1H3,(H,13,15)(H,14,16). The van der Waals surface area contributed by atoms with Crippen molar-refractivity contribution in [2.75, 3.05) is 6.54 Å². The average molecular weight is 243 g/mol. The molecule has 0 saturated carbocycles. The fraction of sp³-hybridized carbons (Fsp3) is 0.455. The van der Waals surface area contributed by atoms with Crippen LogP contribution in [0.5, 0.6) is 0 Å². The van der Waals surface area contributed by atoms with E-state index < -0.39 is 0 Å². The molecule has 1 unspecified atom stereocenters. The van der Waals surface area contributed by atoms with Gasteiger partial charge in [0.15, 0.2) is 0 Å². The van der Waals surface area contributed by atoms with Crippen LogP contribution in [0.2, 0.25) is 0 Å². The van der Waals surface area contributed by atoms with Gasteiger partial charge < -0.3 is 10.3 Å². The number of hydrogen-bond acceptors (Lipinski definition) is 2. The highest BCUT2D eigenvalue weighted by Gasteiger charge is 2.06. The summed E-state index contributed by atoms with van der Waals surface area (Å²) in [4.78, 5) is 25.0. The Kier molecular flexibility index (Phi) is 5.05. The molecule has 0 aromatic carbocycles. The smallest absolute Gasteiger partial charge is 0.251 e. The molecule has 2 N–H and O–H groups in total. The molecule has 0 aliphatic carbocycles. The van der Waals surface area contributed by atoms with E-state index in [-0.39, 0.29) is 16.8 Å². The summed E-state index contributed by atoms with van der Waals surface area (Å²) < 4.78 is 0. The van der Waals surface area contributed by atoms with Crippen LogP contribution in [0.15, 0.2) is 23.1 Å². The number of H-pyrrole nitrogens is 1. The van der Waals surface area contributed by atoms with Gasteiger partial charge in [0.25, 0.3) is 5.91 Å². The minimum Gasteiger partial charge on any atom is -0.352 e. The summed E-state index contributed by atoms with van der Waals surface area (Å²) in [5.74, 6) is -0.244. The zero-order valence-electron chi connectivity index (χ0n) is 9.13. The second-order valence-corrected chi connectivity index (χ2v) is 4.11. The molecule has 1 heterocycles. The number of halogens is 1. The Balaban J connectivity index is 2.44. The molecule has 1 aromatic rings. The highest BCUT2D eigenvalue weighted by atomic mass is 35.5. The van der Waals surface area contributed by atoms with Crippen molar-refractivity contribution in [2.45, 2.75) is 25.1 Å². The molecule has 4 nitrogen and oxygen atoms in total. The van der Waals surface area contributed by atoms with Crippen LogP contribution in [-0.4, -0.2) is 22.8 Å². The van der Waals surface area contributed by atoms with E-state index in [2.05, 4.69) is 10.3 Å². The molecule has 0 radical (unpaired) electrons. The first-order chi connectivity index (χ1) is 7.63. The van der Waals surface area contributed by atoms with Gasteiger partial charge in [0.1, 0.15) is 0 Å². The number of carbonyl (C=O) groups excluding carboxylic acids is 1. The van der Waals surface area contributed by atoms with E-state index in [9.17, 15) is 9.59 Å². The summed E-state index contributed by atoms with van der Waals surface area (Å²) in [6.45, 7) is 2.52. The zero-order valence-corrected chi connectivity index (χ0v) is 9.88. The second-order valence-electron chi connectivity index (χ2n) is 3.49. The predicted octanol–water partition coefficient (Wildman–Crippen LogP) is 1.51. The molecule has 0 saturated heterocycles. The van der Waals surface area contributed by atoms with Gasteiger partial charge in [-0.1, -0.05) is 6.92 Å². The van der Waals surface area contributed by atoms with Crippen molar-refractivity contribution in [1.82, 2.24) is 10.3 Å². The normalized spacial score (nSPS) is 12.1. The van der Waals surface area contributed by atoms with Crippen molar-refractivity contribution in [3.8, 4) is 0 Å². The minimum absolute atomic E-state index is 0.0828. The maximum Gasteiger partial charge on any atom is 0.251 e. The fourth-order valence-electron chi connectivity index (χ4n) is 1.23. The van der Waals surface area contributed by atoms with Crippen LogP contribution in [0.4, 0.5) is 0 Å². The molecule has 88 valence electrons. The molecule has 1 amide bonds. The van der Waals surface area contributed by atoms with Gasteiger partial charge in [-0.15, -0.1) is 11.6 Å². The monoisotopic (exact) mass is 242 g/mol. The first kappa shape index (κ1) is 12.8. The second kappa shape index (κ2) is 6.33. The number of nitrogens with one attached hydrogen (secondary N) is 2. The highest BCUT2D eigenvalue weighted by molar-refractivity contribution is 6.20. The van der Waals surface area contributed by atoms with Crippen molar-refractivity contribution in [3.05, 3.63) is 34.2 Å². The quantitative estimate of drug-likeness (QED) is 0.769. The van der Waals surface area contributed by atoms with E-state index in [1.807, 2.05) is 6.92 Å². The van der Waals surface area contributed by atoms with E-state index in [0.717, 1.165) is 12.8 Å². The summed E-state index contributed by atoms with van der Waals surface area (Å²) in [6, 6.07) is 2.84. The third kappa shape index (κ3) is 4.06. The van der Waals surface area contributed by atoms with Crippen LogP contribution < -0.4 is 10.9 Å². The van der Waals surface area contributed by atoms with Gasteiger partial charge in [-0.3, -0.25) is 9.59 Å². The van der Waals surface area contributed by atoms with Gasteiger partial charge in [0.2, 0.25) is 5.56 Å². The first-order valence-electron chi connectivity index (χ1n) is 5.24. The lowest BCUT2D eigenvalue weighted by Gasteiger charge is -2.07. The van der Waals surface area contributed by atoms with Crippen molar-refractivity contribution < 1.29 is 4.79 Å². The zero-order chi connectivity index (χ0) is 12.0. The Morgan fingerprint density at radius 1 is 1.62 bits per heavy atom. The van der Waals surface area contributed by atoms with Crippen molar-refractivity contribution in [2.24, 2.45) is 0 Å². The Morgan fingerprint density at radius 3 is 3.00 bits per heavy atom. The van der Waals surface area contributed by atoms with E-state index in [0.29, 0.717) is 12.1 Å². The third-order valence-electron chi connectivity index (χ3n) is 2.22. The molecule has 0 bridgehead atoms. The van der Waals surface area contributed by atoms with Gasteiger partial charge in [-0.25, -0.2) is 0 Å². The van der Waals surface area contributed by atoms with Crippen LogP contribution in [0.3, 0.4) is 0 Å². The number of aromatic nitrogens is 1. The van der Waals surface area contributed by atoms with Gasteiger partial charge >= 0.3 is 0 Å². The summed E-state index contributed by atoms with van der Waals surface area (Å²) in [7, 11) is 0. The number of pyridine rings is 1. The SMILES string of the molecule is CCC(Cl)CCNC(=O)c1cc[nH]c(=O)c1. The maximum atomic E-state index is 11.6. The predicted molar refractivity (Wildman–Crippen MR) is 63.9 cm³/mol. The first-order valence-corrected chi connectivity index (χ1v) is 5.68. The largest absolute Gasteiger partial charge is 0.352 e. The van der Waals surface area contributed by atoms with E-state index >= 15 is 0 Å². The molecule has 0 fully saturated rings. The molecule has 0 spiro atoms. The third-order valence-corrected chi connectivity index (χ3v) is 2.75. The fourth-order valence-corrected chi connectivity index (χ4v) is 1.34. The molecular weight excluding hydrogens is 228 g/mol. The summed E-state index contributed by atoms with van der Waals surface area (Å²) in [5, 5.41) is 2.80. The Morgan fingerprint density at radius 2 is 2.38 bits per heavy atom. The van der Waals surface area contributed by atoms with Gasteiger partial charge in [0.05, 0.1) is 0 Å². The molecule has 5 heteroatoms. The summed E-state index contributed by atoms with van der Waals surface area (Å²) >= 11 is 5.91. The molecule has 1 rings (SSSR count). The topological polar surface area (TPSA) is 62.0 Å². The number of alkyl halides is 1. The molecular formula is C11H15ClN2O2. The molecule has 0 aliphatic heterocycles. The lowest BCUT2D eigenvalue weighted by molar-refractivity contribution is 0.0953. The molecule has 16 heavy (non-hydrogen) atoms. The summed E-state index contributed by atoms with van der Waals surface area (Å²) in [6.07, 6.45) is 3.06. The van der Waals surface area contributed by atoms with Gasteiger partial charge in [-0.2, -0.15) is 0 Å². The van der Waals surface area contributed by atoms with Crippen molar-refractivity contribution in [1.29, 1.82) is 0 Å². The van der Waals surface area contributed by atoms with Crippen LogP contribution in [0, 0.1) is 0 Å². The van der Waals surface area contributed by atoms with E-state index in [4.69, 9.17) is 11.6 Å². The van der Waals surface area contributed by atoms with E-state index in [1.54, 1.807) is 6.07 Å². The van der Waals surface area contributed by atoms with Crippen LogP contribution >= 0.6 is 11.6 Å². The van der Waals surface area contributed by atoms with Crippen LogP contribution in [0.1, 0.15) is 30.1 Å². The van der Waals surface area contributed by atoms with Crippen molar-refractivity contribution >= 4 is 17.5 Å². The lowest BCUT2D eigenvalue weighted by atomic mass is 10.2. The minimum atomic E-state index is -0.281. The number of amides is 1. The lowest BCUT2D eigenvalue weighted by Crippen LogP contribution is -2.27. The Bertz CT molecular complexity index is 403. The van der Waals surface area contributed by atoms with Crippen molar-refractivity contribution in [3.63, 3.8) is 0 Å². The van der Waals surface area contributed by atoms with Crippen LogP contribution in [0.25, 0.3) is 0 Å². The number of aromatic amines is 1. The summed E-state index contributed by atoms with van der Waals surface area (Å²) in [5.41, 5.74) is 0.0859. The molecule has 1 aromatic heterocycles. The van der Waals surface area contributed by atoms with Gasteiger partial charge in [-0.05, 0) is 18.9 Å². The van der Waals surface area contributed by atoms with Crippen LogP contribution in [-0.2, 0) is 0 Å². The highest BCUT2D eigenvalue weighted by Crippen LogP contribution is 2.04. The molecule has 1 atom stereocenters. The molecule has 0 aliphatic rings.